The second kappa shape index (κ2) is 10.1. The first kappa shape index (κ1) is 21.6. The molecular weight excluding hydrogens is 374 g/mol. The number of halogens is 1. The van der Waals surface area contributed by atoms with Crippen LogP contribution in [0, 0.1) is 11.8 Å². The fraction of sp³-hybridized carbons (Fsp3) is 0.682. The number of carbonyl (C=O) groups is 1. The third-order valence-electron chi connectivity index (χ3n) is 6.00. The summed E-state index contributed by atoms with van der Waals surface area (Å²) in [4.78, 5) is 19.5. The number of ether oxygens (including phenoxy) is 1. The Morgan fingerprint density at radius 1 is 1.07 bits per heavy atom. The SMILES string of the molecule is COC(CN1CCN(CC(=O)N2CC(C)CC(C)C2)CC1)c1ccc(Cl)cc1. The Morgan fingerprint density at radius 3 is 2.21 bits per heavy atom. The van der Waals surface area contributed by atoms with Crippen LogP contribution in [-0.2, 0) is 9.53 Å². The highest BCUT2D eigenvalue weighted by molar-refractivity contribution is 6.30. The Kier molecular flexibility index (Phi) is 7.75. The normalized spacial score (nSPS) is 25.6. The highest BCUT2D eigenvalue weighted by Crippen LogP contribution is 2.22. The maximum atomic E-state index is 12.7. The molecule has 5 nitrogen and oxygen atoms in total. The molecule has 1 amide bonds. The van der Waals surface area contributed by atoms with Gasteiger partial charge in [-0.1, -0.05) is 37.6 Å². The number of benzene rings is 1. The van der Waals surface area contributed by atoms with Crippen LogP contribution in [0.15, 0.2) is 24.3 Å². The molecule has 0 radical (unpaired) electrons. The first-order valence-corrected chi connectivity index (χ1v) is 10.8. The number of piperidine rings is 1. The summed E-state index contributed by atoms with van der Waals surface area (Å²) in [7, 11) is 1.76. The highest BCUT2D eigenvalue weighted by atomic mass is 35.5. The van der Waals surface area contributed by atoms with Gasteiger partial charge >= 0.3 is 0 Å². The van der Waals surface area contributed by atoms with Gasteiger partial charge in [0.15, 0.2) is 0 Å². The number of nitrogens with zero attached hydrogens (tertiary/aromatic N) is 3. The lowest BCUT2D eigenvalue weighted by Gasteiger charge is -2.39. The average Bonchev–Trinajstić information content (AvgIpc) is 2.67. The number of methoxy groups -OCH3 is 1. The van der Waals surface area contributed by atoms with Gasteiger partial charge in [-0.2, -0.15) is 0 Å². The molecule has 3 rings (SSSR count). The largest absolute Gasteiger partial charge is 0.375 e. The quantitative estimate of drug-likeness (QED) is 0.725. The molecule has 156 valence electrons. The Balaban J connectivity index is 1.45. The van der Waals surface area contributed by atoms with Crippen molar-refractivity contribution in [3.8, 4) is 0 Å². The molecule has 28 heavy (non-hydrogen) atoms. The lowest BCUT2D eigenvalue weighted by atomic mass is 9.92. The number of carbonyl (C=O) groups excluding carboxylic acids is 1. The van der Waals surface area contributed by atoms with Gasteiger partial charge in [0.2, 0.25) is 5.91 Å². The number of hydrogen-bond acceptors (Lipinski definition) is 4. The predicted octanol–water partition coefficient (Wildman–Crippen LogP) is 3.15. The minimum absolute atomic E-state index is 0.0433. The Hall–Kier alpha value is -1.14. The third kappa shape index (κ3) is 5.93. The lowest BCUT2D eigenvalue weighted by molar-refractivity contribution is -0.135. The van der Waals surface area contributed by atoms with Gasteiger partial charge in [0.1, 0.15) is 0 Å². The van der Waals surface area contributed by atoms with E-state index >= 15 is 0 Å². The van der Waals surface area contributed by atoms with Crippen LogP contribution in [0.3, 0.4) is 0 Å². The molecule has 3 unspecified atom stereocenters. The molecule has 0 bridgehead atoms. The van der Waals surface area contributed by atoms with Crippen LogP contribution in [0.1, 0.15) is 31.9 Å². The van der Waals surface area contributed by atoms with Crippen molar-refractivity contribution in [2.75, 3.05) is 59.5 Å². The molecule has 2 fully saturated rings. The highest BCUT2D eigenvalue weighted by Gasteiger charge is 2.28. The molecule has 3 atom stereocenters. The van der Waals surface area contributed by atoms with Gasteiger partial charge in [-0.15, -0.1) is 0 Å². The summed E-state index contributed by atoms with van der Waals surface area (Å²) in [5, 5.41) is 0.745. The predicted molar refractivity (Wildman–Crippen MR) is 114 cm³/mol. The fourth-order valence-electron chi connectivity index (χ4n) is 4.52. The first-order valence-electron chi connectivity index (χ1n) is 10.5. The molecule has 1 aromatic rings. The Morgan fingerprint density at radius 2 is 1.64 bits per heavy atom. The maximum Gasteiger partial charge on any atom is 0.236 e. The van der Waals surface area contributed by atoms with Crippen LogP contribution in [0.25, 0.3) is 0 Å². The maximum absolute atomic E-state index is 12.7. The van der Waals surface area contributed by atoms with Gasteiger partial charge in [-0.3, -0.25) is 14.6 Å². The summed E-state index contributed by atoms with van der Waals surface area (Å²) in [6, 6.07) is 7.89. The molecule has 0 N–H and O–H groups in total. The monoisotopic (exact) mass is 407 g/mol. The van der Waals surface area contributed by atoms with Crippen molar-refractivity contribution in [2.24, 2.45) is 11.8 Å². The molecule has 0 spiro atoms. The molecule has 2 saturated heterocycles. The summed E-state index contributed by atoms with van der Waals surface area (Å²) in [5.41, 5.74) is 1.15. The number of rotatable bonds is 6. The van der Waals surface area contributed by atoms with Gasteiger partial charge in [0.25, 0.3) is 0 Å². The van der Waals surface area contributed by atoms with Gasteiger partial charge in [-0.25, -0.2) is 0 Å². The topological polar surface area (TPSA) is 36.0 Å². The van der Waals surface area contributed by atoms with Gasteiger partial charge in [0.05, 0.1) is 12.6 Å². The van der Waals surface area contributed by atoms with Crippen molar-refractivity contribution in [2.45, 2.75) is 26.4 Å². The van der Waals surface area contributed by atoms with E-state index in [4.69, 9.17) is 16.3 Å². The molecule has 0 aliphatic carbocycles. The zero-order chi connectivity index (χ0) is 20.1. The van der Waals surface area contributed by atoms with E-state index < -0.39 is 0 Å². The van der Waals surface area contributed by atoms with Gasteiger partial charge in [-0.05, 0) is 36.0 Å². The zero-order valence-corrected chi connectivity index (χ0v) is 18.2. The summed E-state index contributed by atoms with van der Waals surface area (Å²) >= 11 is 5.99. The van der Waals surface area contributed by atoms with E-state index in [0.717, 1.165) is 56.4 Å². The van der Waals surface area contributed by atoms with E-state index in [-0.39, 0.29) is 6.10 Å². The second-order valence-corrected chi connectivity index (χ2v) is 9.03. The van der Waals surface area contributed by atoms with Crippen LogP contribution < -0.4 is 0 Å². The minimum Gasteiger partial charge on any atom is -0.375 e. The standard InChI is InChI=1S/C22H34ClN3O2/c1-17-12-18(2)14-26(13-17)22(27)16-25-10-8-24(9-11-25)15-21(28-3)19-4-6-20(23)7-5-19/h4-7,17-18,21H,8-16H2,1-3H3. The summed E-state index contributed by atoms with van der Waals surface area (Å²) < 4.78 is 5.71. The van der Waals surface area contributed by atoms with Crippen LogP contribution in [0.2, 0.25) is 5.02 Å². The molecule has 0 saturated carbocycles. The Bertz CT molecular complexity index is 621. The van der Waals surface area contributed by atoms with Crippen molar-refractivity contribution < 1.29 is 9.53 Å². The minimum atomic E-state index is 0.0433. The number of hydrogen-bond donors (Lipinski definition) is 0. The first-order chi connectivity index (χ1) is 13.4. The third-order valence-corrected chi connectivity index (χ3v) is 6.25. The van der Waals surface area contributed by atoms with E-state index in [9.17, 15) is 4.79 Å². The fourth-order valence-corrected chi connectivity index (χ4v) is 4.64. The van der Waals surface area contributed by atoms with E-state index in [0.29, 0.717) is 24.3 Å². The average molecular weight is 408 g/mol. The van der Waals surface area contributed by atoms with E-state index in [1.54, 1.807) is 7.11 Å². The summed E-state index contributed by atoms with van der Waals surface area (Å²) in [5.74, 6) is 1.52. The van der Waals surface area contributed by atoms with Gasteiger partial charge in [0, 0.05) is 57.9 Å². The number of amides is 1. The smallest absolute Gasteiger partial charge is 0.236 e. The molecular formula is C22H34ClN3O2. The molecule has 1 aromatic carbocycles. The van der Waals surface area contributed by atoms with Crippen molar-refractivity contribution in [3.63, 3.8) is 0 Å². The number of piperazine rings is 1. The molecule has 2 heterocycles. The molecule has 2 aliphatic heterocycles. The van der Waals surface area contributed by atoms with Gasteiger partial charge < -0.3 is 9.64 Å². The molecule has 6 heteroatoms. The van der Waals surface area contributed by atoms with E-state index in [1.807, 2.05) is 24.3 Å². The summed E-state index contributed by atoms with van der Waals surface area (Å²) in [6.45, 7) is 11.5. The van der Waals surface area contributed by atoms with Crippen LogP contribution >= 0.6 is 11.6 Å². The van der Waals surface area contributed by atoms with E-state index in [1.165, 1.54) is 6.42 Å². The van der Waals surface area contributed by atoms with Crippen LogP contribution in [0.4, 0.5) is 0 Å². The summed E-state index contributed by atoms with van der Waals surface area (Å²) in [6.07, 6.45) is 1.28. The Labute approximate surface area is 174 Å². The van der Waals surface area contributed by atoms with Crippen molar-refractivity contribution in [1.82, 2.24) is 14.7 Å². The van der Waals surface area contributed by atoms with Crippen LogP contribution in [-0.4, -0.2) is 80.1 Å². The second-order valence-electron chi connectivity index (χ2n) is 8.60. The zero-order valence-electron chi connectivity index (χ0n) is 17.4. The van der Waals surface area contributed by atoms with Crippen molar-refractivity contribution >= 4 is 17.5 Å². The number of likely N-dealkylation sites (tertiary alicyclic amines) is 1. The van der Waals surface area contributed by atoms with Crippen molar-refractivity contribution in [1.29, 1.82) is 0 Å². The van der Waals surface area contributed by atoms with Crippen molar-refractivity contribution in [3.05, 3.63) is 34.9 Å². The molecule has 0 aromatic heterocycles. The lowest BCUT2D eigenvalue weighted by Crippen LogP contribution is -2.52. The molecule has 2 aliphatic rings. The van der Waals surface area contributed by atoms with E-state index in [2.05, 4.69) is 28.5 Å². The van der Waals surface area contributed by atoms with Crippen LogP contribution in [0.5, 0.6) is 0 Å².